The highest BCUT2D eigenvalue weighted by molar-refractivity contribution is 9.10. The van der Waals surface area contributed by atoms with Crippen LogP contribution in [0, 0.1) is 5.82 Å². The molecule has 152 valence electrons. The lowest BCUT2D eigenvalue weighted by Crippen LogP contribution is -2.27. The Bertz CT molecular complexity index is 1270. The number of nitrogens with zero attached hydrogens (tertiary/aromatic N) is 4. The number of halogens is 2. The van der Waals surface area contributed by atoms with E-state index in [0.29, 0.717) is 35.2 Å². The fourth-order valence-corrected chi connectivity index (χ4v) is 3.35. The van der Waals surface area contributed by atoms with E-state index >= 15 is 0 Å². The van der Waals surface area contributed by atoms with Gasteiger partial charge >= 0.3 is 0 Å². The smallest absolute Gasteiger partial charge is 0.264 e. The molecule has 30 heavy (non-hydrogen) atoms. The van der Waals surface area contributed by atoms with Crippen molar-refractivity contribution in [3.8, 4) is 0 Å². The van der Waals surface area contributed by atoms with Crippen LogP contribution >= 0.6 is 15.9 Å². The number of carbonyl (C=O) groups excluding carboxylic acids is 1. The van der Waals surface area contributed by atoms with Gasteiger partial charge in [0.25, 0.3) is 11.5 Å². The first-order chi connectivity index (χ1) is 14.5. The Morgan fingerprint density at radius 3 is 2.73 bits per heavy atom. The topological polar surface area (TPSA) is 81.8 Å². The Morgan fingerprint density at radius 2 is 1.97 bits per heavy atom. The van der Waals surface area contributed by atoms with Crippen molar-refractivity contribution in [1.82, 2.24) is 24.6 Å². The van der Waals surface area contributed by atoms with E-state index in [2.05, 4.69) is 31.3 Å². The molecule has 4 rings (SSSR count). The molecule has 0 unspecified atom stereocenters. The Balaban J connectivity index is 1.45. The van der Waals surface area contributed by atoms with Crippen molar-refractivity contribution in [3.63, 3.8) is 0 Å². The first-order valence-corrected chi connectivity index (χ1v) is 10.00. The molecule has 1 N–H and O–H groups in total. The molecular weight excluding hydrogens is 453 g/mol. The molecule has 1 amide bonds. The van der Waals surface area contributed by atoms with Crippen LogP contribution in [-0.2, 0) is 13.1 Å². The van der Waals surface area contributed by atoms with Crippen LogP contribution in [0.15, 0.2) is 70.3 Å². The second-order valence-electron chi connectivity index (χ2n) is 6.68. The molecule has 0 fully saturated rings. The van der Waals surface area contributed by atoms with Crippen LogP contribution < -0.4 is 10.9 Å². The minimum absolute atomic E-state index is 0.190. The molecule has 9 heteroatoms. The molecule has 7 nitrogen and oxygen atoms in total. The highest BCUT2D eigenvalue weighted by Gasteiger charge is 2.11. The summed E-state index contributed by atoms with van der Waals surface area (Å²) in [6, 6.07) is 13.1. The molecule has 0 bridgehead atoms. The van der Waals surface area contributed by atoms with E-state index in [4.69, 9.17) is 0 Å². The number of amides is 1. The van der Waals surface area contributed by atoms with E-state index in [1.807, 2.05) is 0 Å². The number of hydrogen-bond acceptors (Lipinski definition) is 4. The summed E-state index contributed by atoms with van der Waals surface area (Å²) < 4.78 is 17.3. The molecule has 0 aliphatic heterocycles. The van der Waals surface area contributed by atoms with Gasteiger partial charge in [-0.15, -0.1) is 0 Å². The van der Waals surface area contributed by atoms with Gasteiger partial charge in [0.2, 0.25) is 0 Å². The summed E-state index contributed by atoms with van der Waals surface area (Å²) in [7, 11) is 0. The summed E-state index contributed by atoms with van der Waals surface area (Å²) in [5.41, 5.74) is 1.41. The molecule has 0 spiro atoms. The number of aromatic nitrogens is 4. The Labute approximate surface area is 179 Å². The van der Waals surface area contributed by atoms with E-state index in [1.165, 1.54) is 29.2 Å². The molecule has 2 heterocycles. The standard InChI is InChI=1S/C21H17BrFN5O2/c22-16-6-4-15(5-7-16)20(29)24-8-9-28-19-18(11-26-28)21(30)27(13-25-19)12-14-2-1-3-17(23)10-14/h1-7,10-11,13H,8-9,12H2,(H,24,29). The van der Waals surface area contributed by atoms with Crippen LogP contribution in [0.1, 0.15) is 15.9 Å². The predicted octanol–water partition coefficient (Wildman–Crippen LogP) is 2.97. The summed E-state index contributed by atoms with van der Waals surface area (Å²) in [4.78, 5) is 29.3. The highest BCUT2D eigenvalue weighted by atomic mass is 79.9. The van der Waals surface area contributed by atoms with Gasteiger partial charge in [0, 0.05) is 16.6 Å². The monoisotopic (exact) mass is 469 g/mol. The maximum atomic E-state index is 13.4. The summed E-state index contributed by atoms with van der Waals surface area (Å²) in [5, 5.41) is 7.42. The third-order valence-electron chi connectivity index (χ3n) is 4.58. The lowest BCUT2D eigenvalue weighted by atomic mass is 10.2. The molecule has 0 saturated carbocycles. The molecule has 2 aromatic heterocycles. The average Bonchev–Trinajstić information content (AvgIpc) is 3.14. The predicted molar refractivity (Wildman–Crippen MR) is 114 cm³/mol. The molecule has 2 aromatic carbocycles. The van der Waals surface area contributed by atoms with Gasteiger partial charge in [0.15, 0.2) is 5.65 Å². The van der Waals surface area contributed by atoms with Crippen molar-refractivity contribution in [3.05, 3.63) is 92.8 Å². The van der Waals surface area contributed by atoms with E-state index in [9.17, 15) is 14.0 Å². The minimum atomic E-state index is -0.354. The number of benzene rings is 2. The number of fused-ring (bicyclic) bond motifs is 1. The van der Waals surface area contributed by atoms with Gasteiger partial charge in [0.05, 0.1) is 19.3 Å². The van der Waals surface area contributed by atoms with Gasteiger partial charge in [-0.1, -0.05) is 28.1 Å². The van der Waals surface area contributed by atoms with Gasteiger partial charge in [-0.2, -0.15) is 5.10 Å². The van der Waals surface area contributed by atoms with E-state index < -0.39 is 0 Å². The Hall–Kier alpha value is -3.33. The van der Waals surface area contributed by atoms with E-state index in [-0.39, 0.29) is 23.8 Å². The molecule has 0 aliphatic rings. The van der Waals surface area contributed by atoms with Crippen LogP contribution in [0.2, 0.25) is 0 Å². The van der Waals surface area contributed by atoms with Gasteiger partial charge < -0.3 is 5.32 Å². The second kappa shape index (κ2) is 8.58. The molecular formula is C21H17BrFN5O2. The van der Waals surface area contributed by atoms with Crippen molar-refractivity contribution in [2.45, 2.75) is 13.1 Å². The maximum Gasteiger partial charge on any atom is 0.264 e. The minimum Gasteiger partial charge on any atom is -0.350 e. The third-order valence-corrected chi connectivity index (χ3v) is 5.11. The van der Waals surface area contributed by atoms with Crippen molar-refractivity contribution in [1.29, 1.82) is 0 Å². The lowest BCUT2D eigenvalue weighted by molar-refractivity contribution is 0.0952. The molecule has 0 saturated heterocycles. The van der Waals surface area contributed by atoms with Crippen molar-refractivity contribution < 1.29 is 9.18 Å². The fourth-order valence-electron chi connectivity index (χ4n) is 3.08. The van der Waals surface area contributed by atoms with E-state index in [0.717, 1.165) is 4.47 Å². The number of carbonyl (C=O) groups is 1. The normalized spacial score (nSPS) is 11.0. The maximum absolute atomic E-state index is 13.4. The number of hydrogen-bond donors (Lipinski definition) is 1. The number of rotatable bonds is 6. The van der Waals surface area contributed by atoms with Crippen LogP contribution in [0.25, 0.3) is 11.0 Å². The summed E-state index contributed by atoms with van der Waals surface area (Å²) in [5.74, 6) is -0.544. The van der Waals surface area contributed by atoms with Crippen LogP contribution in [-0.4, -0.2) is 31.8 Å². The van der Waals surface area contributed by atoms with E-state index in [1.54, 1.807) is 41.1 Å². The van der Waals surface area contributed by atoms with Gasteiger partial charge in [-0.05, 0) is 42.0 Å². The molecule has 0 aliphatic carbocycles. The van der Waals surface area contributed by atoms with Crippen LogP contribution in [0.4, 0.5) is 4.39 Å². The quantitative estimate of drug-likeness (QED) is 0.470. The summed E-state index contributed by atoms with van der Waals surface area (Å²) in [6.45, 7) is 0.916. The van der Waals surface area contributed by atoms with Gasteiger partial charge in [0.1, 0.15) is 17.5 Å². The SMILES string of the molecule is O=C(NCCn1ncc2c(=O)n(Cc3cccc(F)c3)cnc21)c1ccc(Br)cc1. The lowest BCUT2D eigenvalue weighted by Gasteiger charge is -2.08. The summed E-state index contributed by atoms with van der Waals surface area (Å²) >= 11 is 3.33. The highest BCUT2D eigenvalue weighted by Crippen LogP contribution is 2.11. The van der Waals surface area contributed by atoms with Gasteiger partial charge in [-0.3, -0.25) is 14.2 Å². The molecule has 0 radical (unpaired) electrons. The molecule has 0 atom stereocenters. The third kappa shape index (κ3) is 4.30. The Morgan fingerprint density at radius 1 is 1.17 bits per heavy atom. The van der Waals surface area contributed by atoms with Crippen molar-refractivity contribution in [2.24, 2.45) is 0 Å². The average molecular weight is 470 g/mol. The largest absolute Gasteiger partial charge is 0.350 e. The Kier molecular flexibility index (Phi) is 5.71. The second-order valence-corrected chi connectivity index (χ2v) is 7.59. The summed E-state index contributed by atoms with van der Waals surface area (Å²) in [6.07, 6.45) is 2.89. The van der Waals surface area contributed by atoms with Crippen molar-refractivity contribution >= 4 is 32.9 Å². The van der Waals surface area contributed by atoms with Gasteiger partial charge in [-0.25, -0.2) is 14.1 Å². The molecule has 4 aromatic rings. The first-order valence-electron chi connectivity index (χ1n) is 9.20. The zero-order valence-electron chi connectivity index (χ0n) is 15.8. The number of nitrogens with one attached hydrogen (secondary N) is 1. The zero-order valence-corrected chi connectivity index (χ0v) is 17.3. The fraction of sp³-hybridized carbons (Fsp3) is 0.143. The van der Waals surface area contributed by atoms with Crippen molar-refractivity contribution in [2.75, 3.05) is 6.54 Å². The zero-order chi connectivity index (χ0) is 21.1. The first kappa shape index (κ1) is 20.0. The van der Waals surface area contributed by atoms with Crippen LogP contribution in [0.3, 0.4) is 0 Å². The van der Waals surface area contributed by atoms with Crippen LogP contribution in [0.5, 0.6) is 0 Å².